The van der Waals surface area contributed by atoms with Crippen LogP contribution in [-0.4, -0.2) is 64.7 Å². The molecule has 0 bridgehead atoms. The van der Waals surface area contributed by atoms with Gasteiger partial charge in [0, 0.05) is 31.9 Å². The number of hydrogen-bond donors (Lipinski definition) is 1. The van der Waals surface area contributed by atoms with Crippen molar-refractivity contribution >= 4 is 16.9 Å². The summed E-state index contributed by atoms with van der Waals surface area (Å²) in [6.07, 6.45) is 4.42. The maximum Gasteiger partial charge on any atom is 0.263 e. The highest BCUT2D eigenvalue weighted by Crippen LogP contribution is 2.25. The molecule has 1 aliphatic carbocycles. The van der Waals surface area contributed by atoms with Crippen molar-refractivity contribution in [1.29, 1.82) is 0 Å². The summed E-state index contributed by atoms with van der Waals surface area (Å²) in [5, 5.41) is 3.38. The van der Waals surface area contributed by atoms with Crippen molar-refractivity contribution in [1.82, 2.24) is 24.8 Å². The second-order valence-electron chi connectivity index (χ2n) is 7.79. The van der Waals surface area contributed by atoms with Gasteiger partial charge in [0.05, 0.1) is 18.6 Å². The van der Waals surface area contributed by atoms with Gasteiger partial charge in [0.1, 0.15) is 12.9 Å². The molecule has 1 N–H and O–H groups in total. The molecule has 4 rings (SSSR count). The highest BCUT2D eigenvalue weighted by atomic mass is 16.5. The largest absolute Gasteiger partial charge is 0.379 e. The van der Waals surface area contributed by atoms with E-state index in [-0.39, 0.29) is 18.0 Å². The number of rotatable bonds is 5. The Kier molecular flexibility index (Phi) is 5.68. The van der Waals surface area contributed by atoms with Gasteiger partial charge in [-0.25, -0.2) is 9.97 Å². The van der Waals surface area contributed by atoms with Crippen LogP contribution in [0.4, 0.5) is 0 Å². The molecule has 1 amide bonds. The minimum absolute atomic E-state index is 0.0294. The van der Waals surface area contributed by atoms with Crippen LogP contribution in [0.25, 0.3) is 11.0 Å². The predicted octanol–water partition coefficient (Wildman–Crippen LogP) is 0.365. The van der Waals surface area contributed by atoms with E-state index in [2.05, 4.69) is 27.1 Å². The van der Waals surface area contributed by atoms with E-state index < -0.39 is 0 Å². The molecule has 0 saturated carbocycles. The molecule has 1 saturated heterocycles. The molecule has 2 aliphatic rings. The van der Waals surface area contributed by atoms with Gasteiger partial charge in [-0.2, -0.15) is 0 Å². The number of pyridine rings is 1. The van der Waals surface area contributed by atoms with Crippen LogP contribution in [-0.2, 0) is 28.9 Å². The summed E-state index contributed by atoms with van der Waals surface area (Å²) in [6, 6.07) is 1.93. The third-order valence-corrected chi connectivity index (χ3v) is 5.59. The molecule has 8 nitrogen and oxygen atoms in total. The number of morpholine rings is 1. The number of amides is 1. The van der Waals surface area contributed by atoms with Crippen LogP contribution in [0.5, 0.6) is 0 Å². The lowest BCUT2D eigenvalue weighted by Gasteiger charge is -2.26. The molecule has 28 heavy (non-hydrogen) atoms. The van der Waals surface area contributed by atoms with Gasteiger partial charge in [-0.15, -0.1) is 0 Å². The predicted molar refractivity (Wildman–Crippen MR) is 105 cm³/mol. The van der Waals surface area contributed by atoms with Crippen LogP contribution in [0.2, 0.25) is 0 Å². The van der Waals surface area contributed by atoms with E-state index >= 15 is 0 Å². The first kappa shape index (κ1) is 19.0. The molecular formula is C20H27N5O3. The number of fused-ring (bicyclic) bond motifs is 2. The van der Waals surface area contributed by atoms with E-state index in [4.69, 9.17) is 4.74 Å². The van der Waals surface area contributed by atoms with Crippen molar-refractivity contribution in [2.45, 2.75) is 32.7 Å². The first-order chi connectivity index (χ1) is 13.6. The van der Waals surface area contributed by atoms with E-state index in [9.17, 15) is 9.59 Å². The average molecular weight is 385 g/mol. The van der Waals surface area contributed by atoms with Gasteiger partial charge in [0.15, 0.2) is 5.65 Å². The van der Waals surface area contributed by atoms with Crippen molar-refractivity contribution in [3.05, 3.63) is 34.0 Å². The zero-order chi connectivity index (χ0) is 19.5. The molecule has 0 aromatic carbocycles. The summed E-state index contributed by atoms with van der Waals surface area (Å²) >= 11 is 0. The highest BCUT2D eigenvalue weighted by molar-refractivity contribution is 5.77. The molecule has 2 aromatic heterocycles. The fraction of sp³-hybridized carbons (Fsp3) is 0.600. The minimum Gasteiger partial charge on any atom is -0.379 e. The van der Waals surface area contributed by atoms with Gasteiger partial charge in [-0.05, 0) is 36.8 Å². The second kappa shape index (κ2) is 8.36. The molecule has 1 unspecified atom stereocenters. The topological polar surface area (TPSA) is 89.3 Å². The van der Waals surface area contributed by atoms with Crippen molar-refractivity contribution in [3.8, 4) is 0 Å². The lowest BCUT2D eigenvalue weighted by Crippen LogP contribution is -2.42. The second-order valence-corrected chi connectivity index (χ2v) is 7.79. The van der Waals surface area contributed by atoms with Crippen LogP contribution in [0.1, 0.15) is 24.6 Å². The molecule has 2 aromatic rings. The van der Waals surface area contributed by atoms with Gasteiger partial charge in [0.25, 0.3) is 5.56 Å². The monoisotopic (exact) mass is 385 g/mol. The number of nitrogens with zero attached hydrogens (tertiary/aromatic N) is 4. The number of nitrogens with one attached hydrogen (secondary N) is 1. The number of aryl methyl sites for hydroxylation is 1. The Morgan fingerprint density at radius 3 is 3.00 bits per heavy atom. The summed E-state index contributed by atoms with van der Waals surface area (Å²) in [4.78, 5) is 36.3. The zero-order valence-corrected chi connectivity index (χ0v) is 16.3. The highest BCUT2D eigenvalue weighted by Gasteiger charge is 2.19. The van der Waals surface area contributed by atoms with Gasteiger partial charge < -0.3 is 10.1 Å². The number of carbonyl (C=O) groups excluding carboxylic acids is 1. The number of ether oxygens (including phenoxy) is 1. The van der Waals surface area contributed by atoms with E-state index in [1.807, 2.05) is 6.07 Å². The summed E-state index contributed by atoms with van der Waals surface area (Å²) in [6.45, 7) is 6.79. The van der Waals surface area contributed by atoms with Crippen LogP contribution >= 0.6 is 0 Å². The fourth-order valence-electron chi connectivity index (χ4n) is 3.92. The number of aromatic nitrogens is 3. The van der Waals surface area contributed by atoms with E-state index in [0.717, 1.165) is 63.4 Å². The van der Waals surface area contributed by atoms with Crippen molar-refractivity contribution in [2.75, 3.05) is 39.4 Å². The Hall–Kier alpha value is -2.32. The minimum atomic E-state index is -0.207. The summed E-state index contributed by atoms with van der Waals surface area (Å²) in [5.74, 6) is 0.416. The molecule has 1 fully saturated rings. The zero-order valence-electron chi connectivity index (χ0n) is 16.3. The summed E-state index contributed by atoms with van der Waals surface area (Å²) in [7, 11) is 0. The Labute approximate surface area is 163 Å². The third-order valence-electron chi connectivity index (χ3n) is 5.59. The van der Waals surface area contributed by atoms with Gasteiger partial charge in [-0.1, -0.05) is 6.92 Å². The molecule has 0 spiro atoms. The Bertz CT molecular complexity index is 920. The third kappa shape index (κ3) is 4.23. The standard InChI is InChI=1S/C20H27N5O3/c1-14-2-3-17-15(10-14)11-16-19(23-17)22-13-25(20(16)27)12-18(26)21-4-5-24-6-8-28-9-7-24/h11,13-14H,2-10,12H2,1H3,(H,21,26). The van der Waals surface area contributed by atoms with Crippen LogP contribution in [0.15, 0.2) is 17.2 Å². The Morgan fingerprint density at radius 1 is 1.36 bits per heavy atom. The van der Waals surface area contributed by atoms with Crippen molar-refractivity contribution in [2.24, 2.45) is 5.92 Å². The molecule has 150 valence electrons. The van der Waals surface area contributed by atoms with E-state index in [1.165, 1.54) is 10.9 Å². The van der Waals surface area contributed by atoms with Gasteiger partial charge >= 0.3 is 0 Å². The maximum atomic E-state index is 12.8. The Balaban J connectivity index is 1.42. The van der Waals surface area contributed by atoms with Crippen molar-refractivity contribution in [3.63, 3.8) is 0 Å². The molecule has 8 heteroatoms. The molecule has 1 aliphatic heterocycles. The lowest BCUT2D eigenvalue weighted by molar-refractivity contribution is -0.121. The van der Waals surface area contributed by atoms with Crippen LogP contribution in [0.3, 0.4) is 0 Å². The molecule has 1 atom stereocenters. The SMILES string of the molecule is CC1CCc2nc3ncn(CC(=O)NCCN4CCOCC4)c(=O)c3cc2C1. The molecule has 0 radical (unpaired) electrons. The first-order valence-corrected chi connectivity index (χ1v) is 10.0. The normalized spacial score (nSPS) is 20.1. The molecular weight excluding hydrogens is 358 g/mol. The quantitative estimate of drug-likeness (QED) is 0.800. The smallest absolute Gasteiger partial charge is 0.263 e. The lowest BCUT2D eigenvalue weighted by atomic mass is 9.87. The fourth-order valence-corrected chi connectivity index (χ4v) is 3.92. The van der Waals surface area contributed by atoms with Crippen LogP contribution < -0.4 is 10.9 Å². The Morgan fingerprint density at radius 2 is 2.18 bits per heavy atom. The van der Waals surface area contributed by atoms with E-state index in [0.29, 0.717) is 23.5 Å². The molecule has 3 heterocycles. The van der Waals surface area contributed by atoms with E-state index in [1.54, 1.807) is 0 Å². The van der Waals surface area contributed by atoms with Gasteiger partial charge in [-0.3, -0.25) is 19.1 Å². The maximum absolute atomic E-state index is 12.8. The van der Waals surface area contributed by atoms with Crippen molar-refractivity contribution < 1.29 is 9.53 Å². The average Bonchev–Trinajstić information content (AvgIpc) is 2.70. The number of carbonyl (C=O) groups is 1. The summed E-state index contributed by atoms with van der Waals surface area (Å²) < 4.78 is 6.68. The first-order valence-electron chi connectivity index (χ1n) is 10.0. The van der Waals surface area contributed by atoms with Crippen LogP contribution in [0, 0.1) is 5.92 Å². The van der Waals surface area contributed by atoms with Gasteiger partial charge in [0.2, 0.25) is 5.91 Å². The number of hydrogen-bond acceptors (Lipinski definition) is 6. The summed E-state index contributed by atoms with van der Waals surface area (Å²) in [5.41, 5.74) is 2.46.